The highest BCUT2D eigenvalue weighted by Crippen LogP contribution is 2.35. The first-order valence-corrected chi connectivity index (χ1v) is 13.2. The van der Waals surface area contributed by atoms with Gasteiger partial charge in [0.1, 0.15) is 17.1 Å². The fourth-order valence-corrected chi connectivity index (χ4v) is 4.80. The Bertz CT molecular complexity index is 1630. The summed E-state index contributed by atoms with van der Waals surface area (Å²) in [5.74, 6) is 8.36. The molecule has 0 atom stereocenters. The number of carbonyl (C=O) groups is 1. The smallest absolute Gasteiger partial charge is 0.224 e. The molecule has 0 spiro atoms. The van der Waals surface area contributed by atoms with Crippen molar-refractivity contribution in [3.05, 3.63) is 117 Å². The van der Waals surface area contributed by atoms with Crippen LogP contribution in [0.3, 0.4) is 0 Å². The van der Waals surface area contributed by atoms with E-state index >= 15 is 0 Å². The molecule has 0 fully saturated rings. The zero-order valence-electron chi connectivity index (χ0n) is 20.4. The van der Waals surface area contributed by atoms with Crippen LogP contribution in [0.15, 0.2) is 101 Å². The summed E-state index contributed by atoms with van der Waals surface area (Å²) in [6, 6.07) is 31.2. The predicted octanol–water partition coefficient (Wildman–Crippen LogP) is 6.55. The van der Waals surface area contributed by atoms with Crippen LogP contribution in [-0.4, -0.2) is 24.2 Å². The second-order valence-electron chi connectivity index (χ2n) is 8.60. The van der Waals surface area contributed by atoms with E-state index in [0.717, 1.165) is 37.0 Å². The third kappa shape index (κ3) is 6.25. The van der Waals surface area contributed by atoms with E-state index in [0.29, 0.717) is 17.1 Å². The van der Waals surface area contributed by atoms with Gasteiger partial charge in [0.05, 0.1) is 22.2 Å². The Labute approximate surface area is 234 Å². The van der Waals surface area contributed by atoms with E-state index in [1.165, 1.54) is 0 Å². The first-order valence-electron chi connectivity index (χ1n) is 12.1. The summed E-state index contributed by atoms with van der Waals surface area (Å²) < 4.78 is 13.3. The van der Waals surface area contributed by atoms with Gasteiger partial charge in [-0.05, 0) is 76.7 Å². The lowest BCUT2D eigenvalue weighted by Gasteiger charge is -2.13. The minimum Gasteiger partial charge on any atom is -0.456 e. The molecular formula is C32H24INO4. The summed E-state index contributed by atoms with van der Waals surface area (Å²) in [5, 5.41) is 12.6. The normalized spacial score (nSPS) is 10.6. The average molecular weight is 613 g/mol. The van der Waals surface area contributed by atoms with E-state index in [-0.39, 0.29) is 25.5 Å². The maximum atomic E-state index is 12.3. The monoisotopic (exact) mass is 613 g/mol. The molecule has 0 saturated carbocycles. The molecule has 0 unspecified atom stereocenters. The summed E-state index contributed by atoms with van der Waals surface area (Å²) in [7, 11) is 0. The Balaban J connectivity index is 1.48. The van der Waals surface area contributed by atoms with Gasteiger partial charge in [-0.3, -0.25) is 4.79 Å². The van der Waals surface area contributed by atoms with Gasteiger partial charge in [-0.2, -0.15) is 0 Å². The molecule has 0 aliphatic rings. The Morgan fingerprint density at radius 1 is 0.921 bits per heavy atom. The lowest BCUT2D eigenvalue weighted by atomic mass is 10.1. The largest absolute Gasteiger partial charge is 0.456 e. The number of benzene rings is 4. The third-order valence-corrected chi connectivity index (χ3v) is 6.58. The van der Waals surface area contributed by atoms with Crippen molar-refractivity contribution < 1.29 is 19.1 Å². The number of furan rings is 1. The number of halogens is 1. The van der Waals surface area contributed by atoms with E-state index in [1.807, 2.05) is 97.1 Å². The van der Waals surface area contributed by atoms with Crippen molar-refractivity contribution in [3.8, 4) is 34.7 Å². The van der Waals surface area contributed by atoms with Crippen molar-refractivity contribution in [2.75, 3.05) is 13.2 Å². The number of ether oxygens (including phenoxy) is 1. The summed E-state index contributed by atoms with van der Waals surface area (Å²) >= 11 is 2.22. The minimum atomic E-state index is -0.162. The number of amides is 1. The van der Waals surface area contributed by atoms with Crippen molar-refractivity contribution in [3.63, 3.8) is 0 Å². The van der Waals surface area contributed by atoms with Crippen LogP contribution in [-0.2, 0) is 11.2 Å². The highest BCUT2D eigenvalue weighted by molar-refractivity contribution is 14.1. The van der Waals surface area contributed by atoms with Crippen LogP contribution >= 0.6 is 22.6 Å². The van der Waals surface area contributed by atoms with Gasteiger partial charge in [0.2, 0.25) is 5.91 Å². The predicted molar refractivity (Wildman–Crippen MR) is 157 cm³/mol. The van der Waals surface area contributed by atoms with Crippen molar-refractivity contribution in [2.24, 2.45) is 0 Å². The minimum absolute atomic E-state index is 0.0995. The average Bonchev–Trinajstić information content (AvgIpc) is 3.37. The lowest BCUT2D eigenvalue weighted by Crippen LogP contribution is -2.27. The second-order valence-corrected chi connectivity index (χ2v) is 9.76. The number of aliphatic hydroxyl groups is 1. The third-order valence-electron chi connectivity index (χ3n) is 5.78. The van der Waals surface area contributed by atoms with E-state index in [2.05, 4.69) is 39.7 Å². The maximum Gasteiger partial charge on any atom is 0.224 e. The molecule has 1 amide bonds. The zero-order chi connectivity index (χ0) is 26.3. The summed E-state index contributed by atoms with van der Waals surface area (Å²) in [4.78, 5) is 12.3. The standard InChI is InChI=1S/C32H24INO4/c33-28-18-23(19-31(36)34-15-16-35)17-25(12-11-22-7-3-1-4-8-22)32(28)37-27-13-14-29-26(20-27)21-30(38-29)24-9-5-2-6-10-24/h1-10,13-14,17-18,20-21,35H,15-16,19H2,(H,34,36). The molecule has 5 rings (SSSR count). The Morgan fingerprint density at radius 2 is 1.68 bits per heavy atom. The molecule has 2 N–H and O–H groups in total. The number of fused-ring (bicyclic) bond motifs is 1. The van der Waals surface area contributed by atoms with Crippen molar-refractivity contribution >= 4 is 39.5 Å². The number of hydrogen-bond acceptors (Lipinski definition) is 4. The number of rotatable bonds is 7. The number of hydrogen-bond donors (Lipinski definition) is 2. The summed E-state index contributed by atoms with van der Waals surface area (Å²) in [6.07, 6.45) is 0.180. The molecule has 38 heavy (non-hydrogen) atoms. The number of nitrogens with one attached hydrogen (secondary N) is 1. The zero-order valence-corrected chi connectivity index (χ0v) is 22.6. The van der Waals surface area contributed by atoms with Crippen molar-refractivity contribution in [2.45, 2.75) is 6.42 Å². The van der Waals surface area contributed by atoms with Gasteiger partial charge in [0.15, 0.2) is 5.75 Å². The molecule has 0 radical (unpaired) electrons. The fraction of sp³-hybridized carbons (Fsp3) is 0.0938. The quantitative estimate of drug-likeness (QED) is 0.162. The van der Waals surface area contributed by atoms with Crippen LogP contribution in [0.2, 0.25) is 0 Å². The highest BCUT2D eigenvalue weighted by atomic mass is 127. The van der Waals surface area contributed by atoms with Crippen LogP contribution in [0, 0.1) is 15.4 Å². The van der Waals surface area contributed by atoms with Gasteiger partial charge >= 0.3 is 0 Å². The molecule has 0 saturated heterocycles. The van der Waals surface area contributed by atoms with Crippen molar-refractivity contribution in [1.82, 2.24) is 5.32 Å². The number of aliphatic hydroxyl groups excluding tert-OH is 1. The molecule has 0 aliphatic heterocycles. The maximum absolute atomic E-state index is 12.3. The van der Waals surface area contributed by atoms with Gasteiger partial charge in [-0.25, -0.2) is 0 Å². The Hall–Kier alpha value is -4.06. The van der Waals surface area contributed by atoms with Crippen molar-refractivity contribution in [1.29, 1.82) is 0 Å². The summed E-state index contributed by atoms with van der Waals surface area (Å²) in [6.45, 7) is 0.123. The first-order chi connectivity index (χ1) is 18.6. The van der Waals surface area contributed by atoms with E-state index < -0.39 is 0 Å². The molecule has 5 nitrogen and oxygen atoms in total. The second kappa shape index (κ2) is 12.0. The fourth-order valence-electron chi connectivity index (χ4n) is 4.00. The molecule has 1 heterocycles. The molecule has 6 heteroatoms. The molecule has 5 aromatic rings. The first kappa shape index (κ1) is 25.6. The highest BCUT2D eigenvalue weighted by Gasteiger charge is 2.14. The van der Waals surface area contributed by atoms with Gasteiger partial charge in [-0.1, -0.05) is 60.4 Å². The molecular weight excluding hydrogens is 589 g/mol. The summed E-state index contributed by atoms with van der Waals surface area (Å²) in [5.41, 5.74) is 4.17. The SMILES string of the molecule is O=C(Cc1cc(I)c(Oc2ccc3oc(-c4ccccc4)cc3c2)c(C#Cc2ccccc2)c1)NCCO. The van der Waals surface area contributed by atoms with Gasteiger partial charge in [-0.15, -0.1) is 0 Å². The molecule has 1 aromatic heterocycles. The van der Waals surface area contributed by atoms with Gasteiger partial charge in [0.25, 0.3) is 0 Å². The van der Waals surface area contributed by atoms with Crippen LogP contribution in [0.5, 0.6) is 11.5 Å². The van der Waals surface area contributed by atoms with E-state index in [9.17, 15) is 4.79 Å². The Kier molecular flexibility index (Phi) is 8.07. The van der Waals surface area contributed by atoms with Crippen LogP contribution in [0.25, 0.3) is 22.3 Å². The van der Waals surface area contributed by atoms with Crippen LogP contribution in [0.1, 0.15) is 16.7 Å². The van der Waals surface area contributed by atoms with E-state index in [4.69, 9.17) is 14.3 Å². The molecule has 0 bridgehead atoms. The topological polar surface area (TPSA) is 71.7 Å². The lowest BCUT2D eigenvalue weighted by molar-refractivity contribution is -0.120. The van der Waals surface area contributed by atoms with Gasteiger partial charge in [0, 0.05) is 23.1 Å². The van der Waals surface area contributed by atoms with E-state index in [1.54, 1.807) is 0 Å². The van der Waals surface area contributed by atoms with Crippen LogP contribution in [0.4, 0.5) is 0 Å². The molecule has 4 aromatic carbocycles. The molecule has 0 aliphatic carbocycles. The Morgan fingerprint density at radius 3 is 2.45 bits per heavy atom. The van der Waals surface area contributed by atoms with Crippen LogP contribution < -0.4 is 10.1 Å². The molecule has 188 valence electrons. The number of carbonyl (C=O) groups excluding carboxylic acids is 1. The van der Waals surface area contributed by atoms with Gasteiger partial charge < -0.3 is 19.6 Å².